The average Bonchev–Trinajstić information content (AvgIpc) is 2.71. The number of imide groups is 1. The zero-order chi connectivity index (χ0) is 16.3. The highest BCUT2D eigenvalue weighted by molar-refractivity contribution is 6.22. The fourth-order valence-electron chi connectivity index (χ4n) is 2.44. The number of aliphatic hydroxyl groups excluding tert-OH is 1. The molecule has 0 bridgehead atoms. The molecule has 1 aromatic carbocycles. The second-order valence-corrected chi connectivity index (χ2v) is 4.88. The largest absolute Gasteiger partial charge is 0.509 e. The number of carbonyl (C=O) groups excluding carboxylic acids is 3. The second-order valence-electron chi connectivity index (χ2n) is 4.88. The zero-order valence-electron chi connectivity index (χ0n) is 12.4. The van der Waals surface area contributed by atoms with Gasteiger partial charge in [-0.15, -0.1) is 0 Å². The van der Waals surface area contributed by atoms with E-state index in [-0.39, 0.29) is 13.0 Å². The molecule has 2 rings (SSSR count). The molecule has 1 atom stereocenters. The monoisotopic (exact) mass is 303 g/mol. The van der Waals surface area contributed by atoms with Crippen molar-refractivity contribution in [3.8, 4) is 0 Å². The van der Waals surface area contributed by atoms with Gasteiger partial charge < -0.3 is 9.84 Å². The summed E-state index contributed by atoms with van der Waals surface area (Å²) >= 11 is 0. The fourth-order valence-corrected chi connectivity index (χ4v) is 2.44. The van der Waals surface area contributed by atoms with E-state index in [1.165, 1.54) is 6.92 Å². The Morgan fingerprint density at radius 3 is 2.45 bits per heavy atom. The van der Waals surface area contributed by atoms with E-state index in [0.29, 0.717) is 0 Å². The Morgan fingerprint density at radius 1 is 1.27 bits per heavy atom. The van der Waals surface area contributed by atoms with Crippen molar-refractivity contribution in [3.63, 3.8) is 0 Å². The van der Waals surface area contributed by atoms with Crippen molar-refractivity contribution in [2.75, 3.05) is 6.61 Å². The molecule has 6 heteroatoms. The van der Waals surface area contributed by atoms with Gasteiger partial charge >= 0.3 is 5.97 Å². The molecule has 0 aromatic heterocycles. The highest BCUT2D eigenvalue weighted by Gasteiger charge is 2.45. The number of hydrogen-bond donors (Lipinski definition) is 1. The molecular weight excluding hydrogens is 286 g/mol. The van der Waals surface area contributed by atoms with E-state index in [1.807, 2.05) is 30.3 Å². The lowest BCUT2D eigenvalue weighted by molar-refractivity contribution is -0.144. The van der Waals surface area contributed by atoms with Crippen molar-refractivity contribution >= 4 is 17.8 Å². The number of amides is 2. The molecule has 22 heavy (non-hydrogen) atoms. The third kappa shape index (κ3) is 2.86. The maximum absolute atomic E-state index is 12.3. The van der Waals surface area contributed by atoms with Gasteiger partial charge in [0.1, 0.15) is 11.8 Å². The van der Waals surface area contributed by atoms with Crippen LogP contribution in [0.2, 0.25) is 0 Å². The third-order valence-corrected chi connectivity index (χ3v) is 3.41. The van der Waals surface area contributed by atoms with Crippen molar-refractivity contribution < 1.29 is 24.2 Å². The molecule has 1 aliphatic rings. The second kappa shape index (κ2) is 6.43. The van der Waals surface area contributed by atoms with Crippen molar-refractivity contribution in [2.24, 2.45) is 0 Å². The molecule has 1 heterocycles. The first-order valence-electron chi connectivity index (χ1n) is 6.95. The molecule has 0 saturated carbocycles. The van der Waals surface area contributed by atoms with Crippen LogP contribution in [0.25, 0.3) is 0 Å². The topological polar surface area (TPSA) is 83.9 Å². The summed E-state index contributed by atoms with van der Waals surface area (Å²) in [7, 11) is 0. The van der Waals surface area contributed by atoms with Crippen molar-refractivity contribution in [3.05, 3.63) is 47.2 Å². The summed E-state index contributed by atoms with van der Waals surface area (Å²) in [5, 5.41) is 10.3. The molecule has 1 N–H and O–H groups in total. The van der Waals surface area contributed by atoms with Gasteiger partial charge in [-0.2, -0.15) is 0 Å². The summed E-state index contributed by atoms with van der Waals surface area (Å²) in [6.07, 6.45) is 0.237. The van der Waals surface area contributed by atoms with Crippen LogP contribution in [0.1, 0.15) is 19.4 Å². The van der Waals surface area contributed by atoms with Crippen LogP contribution in [0.3, 0.4) is 0 Å². The average molecular weight is 303 g/mol. The molecule has 1 aliphatic heterocycles. The Kier molecular flexibility index (Phi) is 4.60. The lowest BCUT2D eigenvalue weighted by atomic mass is 10.0. The Labute approximate surface area is 128 Å². The van der Waals surface area contributed by atoms with E-state index in [4.69, 9.17) is 4.74 Å². The van der Waals surface area contributed by atoms with Crippen LogP contribution in [0.4, 0.5) is 0 Å². The number of benzene rings is 1. The predicted molar refractivity (Wildman–Crippen MR) is 77.7 cm³/mol. The van der Waals surface area contributed by atoms with Crippen LogP contribution in [-0.4, -0.2) is 40.4 Å². The van der Waals surface area contributed by atoms with Gasteiger partial charge in [-0.3, -0.25) is 14.5 Å². The minimum absolute atomic E-state index is 0.0757. The molecule has 0 aliphatic carbocycles. The Balaban J connectivity index is 2.37. The van der Waals surface area contributed by atoms with Crippen LogP contribution >= 0.6 is 0 Å². The SMILES string of the molecule is CCOC(=O)C1=C(O)C(Cc2ccccc2)N(C(C)=O)C1=O. The summed E-state index contributed by atoms with van der Waals surface area (Å²) in [6.45, 7) is 2.89. The molecular formula is C16H17NO5. The normalized spacial score (nSPS) is 17.8. The van der Waals surface area contributed by atoms with Gasteiger partial charge in [-0.05, 0) is 12.5 Å². The number of nitrogens with zero attached hydrogens (tertiary/aromatic N) is 1. The molecule has 0 saturated heterocycles. The van der Waals surface area contributed by atoms with Gasteiger partial charge in [0, 0.05) is 13.3 Å². The number of aliphatic hydroxyl groups is 1. The smallest absolute Gasteiger partial charge is 0.347 e. The predicted octanol–water partition coefficient (Wildman–Crippen LogP) is 1.36. The molecule has 6 nitrogen and oxygen atoms in total. The quantitative estimate of drug-likeness (QED) is 0.670. The number of ether oxygens (including phenoxy) is 1. The van der Waals surface area contributed by atoms with Gasteiger partial charge in [-0.25, -0.2) is 4.79 Å². The number of carbonyl (C=O) groups is 3. The molecule has 0 radical (unpaired) electrons. The molecule has 1 aromatic rings. The Morgan fingerprint density at radius 2 is 1.91 bits per heavy atom. The van der Waals surface area contributed by atoms with Crippen LogP contribution in [-0.2, 0) is 25.5 Å². The maximum atomic E-state index is 12.3. The van der Waals surface area contributed by atoms with E-state index < -0.39 is 35.2 Å². The molecule has 1 unspecified atom stereocenters. The third-order valence-electron chi connectivity index (χ3n) is 3.41. The lowest BCUT2D eigenvalue weighted by Gasteiger charge is -2.22. The summed E-state index contributed by atoms with van der Waals surface area (Å²) in [6, 6.07) is 8.23. The first-order chi connectivity index (χ1) is 10.5. The first kappa shape index (κ1) is 15.8. The van der Waals surface area contributed by atoms with E-state index in [9.17, 15) is 19.5 Å². The molecule has 2 amide bonds. The minimum atomic E-state index is -0.910. The van der Waals surface area contributed by atoms with Crippen molar-refractivity contribution in [1.29, 1.82) is 0 Å². The lowest BCUT2D eigenvalue weighted by Crippen LogP contribution is -2.41. The van der Waals surface area contributed by atoms with Gasteiger partial charge in [0.05, 0.1) is 6.61 Å². The maximum Gasteiger partial charge on any atom is 0.347 e. The first-order valence-corrected chi connectivity index (χ1v) is 6.95. The van der Waals surface area contributed by atoms with E-state index >= 15 is 0 Å². The number of rotatable bonds is 4. The zero-order valence-corrected chi connectivity index (χ0v) is 12.4. The van der Waals surface area contributed by atoms with E-state index in [1.54, 1.807) is 6.92 Å². The standard InChI is InChI=1S/C16H17NO5/c1-3-22-16(21)13-14(19)12(17(10(2)18)15(13)20)9-11-7-5-4-6-8-11/h4-8,12,19H,3,9H2,1-2H3. The van der Waals surface area contributed by atoms with Crippen molar-refractivity contribution in [2.45, 2.75) is 26.3 Å². The highest BCUT2D eigenvalue weighted by atomic mass is 16.5. The number of esters is 1. The van der Waals surface area contributed by atoms with Gasteiger partial charge in [0.25, 0.3) is 5.91 Å². The van der Waals surface area contributed by atoms with Crippen LogP contribution in [0, 0.1) is 0 Å². The van der Waals surface area contributed by atoms with E-state index in [0.717, 1.165) is 10.5 Å². The van der Waals surface area contributed by atoms with Crippen LogP contribution < -0.4 is 0 Å². The summed E-state index contributed by atoms with van der Waals surface area (Å²) in [5.74, 6) is -2.67. The van der Waals surface area contributed by atoms with Gasteiger partial charge in [0.15, 0.2) is 5.57 Å². The minimum Gasteiger partial charge on any atom is -0.509 e. The van der Waals surface area contributed by atoms with Crippen LogP contribution in [0.5, 0.6) is 0 Å². The van der Waals surface area contributed by atoms with Crippen molar-refractivity contribution in [1.82, 2.24) is 4.90 Å². The molecule has 0 fully saturated rings. The van der Waals surface area contributed by atoms with Crippen LogP contribution in [0.15, 0.2) is 41.7 Å². The summed E-state index contributed by atoms with van der Waals surface area (Å²) in [5.41, 5.74) is 0.376. The fraction of sp³-hybridized carbons (Fsp3) is 0.312. The van der Waals surface area contributed by atoms with Gasteiger partial charge in [-0.1, -0.05) is 30.3 Å². The molecule has 0 spiro atoms. The van der Waals surface area contributed by atoms with E-state index in [2.05, 4.69) is 0 Å². The summed E-state index contributed by atoms with van der Waals surface area (Å²) in [4.78, 5) is 36.7. The summed E-state index contributed by atoms with van der Waals surface area (Å²) < 4.78 is 4.78. The highest BCUT2D eigenvalue weighted by Crippen LogP contribution is 2.28. The molecule has 116 valence electrons. The number of hydrogen-bond acceptors (Lipinski definition) is 5. The Hall–Kier alpha value is -2.63. The Bertz CT molecular complexity index is 635. The van der Waals surface area contributed by atoms with Gasteiger partial charge in [0.2, 0.25) is 5.91 Å².